The number of benzene rings is 2. The van der Waals surface area contributed by atoms with Gasteiger partial charge in [-0.25, -0.2) is 0 Å². The third-order valence-electron chi connectivity index (χ3n) is 2.90. The molecule has 4 nitrogen and oxygen atoms in total. The van der Waals surface area contributed by atoms with Crippen molar-refractivity contribution >= 4 is 0 Å². The van der Waals surface area contributed by atoms with E-state index in [0.717, 1.165) is 7.11 Å². The Bertz CT molecular complexity index is 1250. The molecule has 0 radical (unpaired) electrons. The molecule has 0 fully saturated rings. The second-order valence-electron chi connectivity index (χ2n) is 4.79. The highest BCUT2D eigenvalue weighted by atomic mass is 16.5. The fourth-order valence-electron chi connectivity index (χ4n) is 1.75. The third kappa shape index (κ3) is 6.31. The van der Waals surface area contributed by atoms with Gasteiger partial charge in [0.15, 0.2) is 11.5 Å². The zero-order chi connectivity index (χ0) is 31.2. The van der Waals surface area contributed by atoms with Crippen LogP contribution in [0.3, 0.4) is 0 Å². The summed E-state index contributed by atoms with van der Waals surface area (Å²) in [5.74, 6) is -1.83. The Kier molecular flexibility index (Phi) is 2.86. The summed E-state index contributed by atoms with van der Waals surface area (Å²) in [6.45, 7) is 0.152. The Morgan fingerprint density at radius 2 is 2.12 bits per heavy atom. The van der Waals surface area contributed by atoms with Gasteiger partial charge in [0.05, 0.1) is 35.3 Å². The zero-order valence-electron chi connectivity index (χ0n) is 28.8. The Morgan fingerprint density at radius 1 is 1.24 bits per heavy atom. The minimum atomic E-state index is -3.15. The largest absolute Gasteiger partial charge is 0.493 e. The number of methoxy groups -OCH3 is 2. The van der Waals surface area contributed by atoms with E-state index in [9.17, 15) is 5.11 Å². The van der Waals surface area contributed by atoms with Crippen LogP contribution in [0.15, 0.2) is 42.3 Å². The molecule has 0 bridgehead atoms. The van der Waals surface area contributed by atoms with Crippen LogP contribution in [-0.2, 0) is 6.42 Å². The van der Waals surface area contributed by atoms with Crippen LogP contribution in [0, 0.1) is 6.92 Å². The summed E-state index contributed by atoms with van der Waals surface area (Å²) in [6, 6.07) is -4.33. The Morgan fingerprint density at radius 3 is 2.92 bits per heavy atom. The summed E-state index contributed by atoms with van der Waals surface area (Å²) in [6.07, 6.45) is -10.9. The van der Waals surface area contributed by atoms with Crippen molar-refractivity contribution in [3.63, 3.8) is 0 Å². The Balaban J connectivity index is 2.36. The molecule has 1 N–H and O–H groups in total. The van der Waals surface area contributed by atoms with Gasteiger partial charge in [0.25, 0.3) is 0 Å². The maximum absolute atomic E-state index is 10.6. The molecule has 0 saturated heterocycles. The maximum Gasteiger partial charge on any atom is 0.160 e. The highest BCUT2D eigenvalue weighted by molar-refractivity contribution is 5.42. The van der Waals surface area contributed by atoms with Crippen molar-refractivity contribution in [2.75, 3.05) is 20.8 Å². The average molecular weight is 360 g/mol. The van der Waals surface area contributed by atoms with E-state index in [4.69, 9.17) is 34.8 Å². The zero-order valence-corrected chi connectivity index (χ0v) is 13.8. The Hall–Kier alpha value is -2.20. The lowest BCUT2D eigenvalue weighted by atomic mass is 10.0. The van der Waals surface area contributed by atoms with Crippen molar-refractivity contribution < 1.29 is 39.9 Å². The van der Waals surface area contributed by atoms with Crippen LogP contribution in [0.5, 0.6) is 17.2 Å². The van der Waals surface area contributed by atoms with Crippen molar-refractivity contribution in [1.29, 1.82) is 0 Å². The van der Waals surface area contributed by atoms with Crippen LogP contribution < -0.4 is 14.2 Å². The lowest BCUT2D eigenvalue weighted by molar-refractivity contribution is 0.0976. The molecule has 1 unspecified atom stereocenters. The molecule has 0 amide bonds. The maximum atomic E-state index is 10.6. The molecule has 1 atom stereocenters. The minimum absolute atomic E-state index is 0.0132. The fraction of sp³-hybridized carbons (Fsp3) is 0.429. The van der Waals surface area contributed by atoms with E-state index in [2.05, 4.69) is 0 Å². The molecule has 136 valence electrons. The van der Waals surface area contributed by atoms with Gasteiger partial charge in [0.1, 0.15) is 12.4 Å². The van der Waals surface area contributed by atoms with Crippen LogP contribution >= 0.6 is 0 Å². The lowest BCUT2D eigenvalue weighted by Gasteiger charge is -2.13. The molecule has 0 heterocycles. The smallest absolute Gasteiger partial charge is 0.160 e. The molecule has 25 heavy (non-hydrogen) atoms. The third-order valence-corrected chi connectivity index (χ3v) is 2.90. The van der Waals surface area contributed by atoms with Gasteiger partial charge in [0.2, 0.25) is 0 Å². The van der Waals surface area contributed by atoms with Crippen LogP contribution in [-0.4, -0.2) is 31.9 Å². The van der Waals surface area contributed by atoms with E-state index in [-0.39, 0.29) is 11.6 Å². The number of hydrogen-bond acceptors (Lipinski definition) is 4. The van der Waals surface area contributed by atoms with Crippen molar-refractivity contribution in [2.24, 2.45) is 0 Å². The van der Waals surface area contributed by atoms with E-state index < -0.39 is 104 Å². The number of rotatable bonds is 10. The molecule has 2 aromatic carbocycles. The molecule has 0 aliphatic rings. The summed E-state index contributed by atoms with van der Waals surface area (Å²) >= 11 is 0. The van der Waals surface area contributed by atoms with Gasteiger partial charge in [-0.15, -0.1) is 0 Å². The SMILES string of the molecule is [2H]c1c([2H])c(C)c([2H])c(OCC([2H])(O)C([2H])([2H])CC([2H])([2H])Cc2c([2H])c([2H])c(OC([2H])([2H])[2H])c(OC)c2[2H])c1[2H]. The highest BCUT2D eigenvalue weighted by Gasteiger charge is 2.07. The first kappa shape index (κ1) is 7.20. The molecule has 2 aromatic rings. The minimum Gasteiger partial charge on any atom is -0.493 e. The van der Waals surface area contributed by atoms with Crippen LogP contribution in [0.4, 0.5) is 0 Å². The van der Waals surface area contributed by atoms with Gasteiger partial charge in [-0.2, -0.15) is 0 Å². The molecular formula is C21H28O4. The van der Waals surface area contributed by atoms with E-state index >= 15 is 0 Å². The monoisotopic (exact) mass is 359 g/mol. The lowest BCUT2D eigenvalue weighted by Crippen LogP contribution is -2.17. The summed E-state index contributed by atoms with van der Waals surface area (Å²) in [7, 11) is -1.99. The summed E-state index contributed by atoms with van der Waals surface area (Å²) < 4.78 is 134. The average Bonchev–Trinajstić information content (AvgIpc) is 2.81. The van der Waals surface area contributed by atoms with E-state index in [1.54, 1.807) is 0 Å². The van der Waals surface area contributed by atoms with E-state index in [1.165, 1.54) is 6.92 Å². The molecule has 0 aromatic heterocycles. The summed E-state index contributed by atoms with van der Waals surface area (Å²) in [4.78, 5) is 0. The molecule has 2 rings (SSSR count). The van der Waals surface area contributed by atoms with Gasteiger partial charge >= 0.3 is 0 Å². The summed E-state index contributed by atoms with van der Waals surface area (Å²) in [5, 5.41) is 10.6. The van der Waals surface area contributed by atoms with Gasteiger partial charge in [0, 0.05) is 5.48 Å². The molecule has 0 aliphatic carbocycles. The quantitative estimate of drug-likeness (QED) is 0.692. The van der Waals surface area contributed by atoms with Crippen molar-refractivity contribution in [3.05, 3.63) is 53.4 Å². The molecule has 0 aliphatic heterocycles. The fourth-order valence-corrected chi connectivity index (χ4v) is 1.75. The van der Waals surface area contributed by atoms with Crippen LogP contribution in [0.25, 0.3) is 0 Å². The summed E-state index contributed by atoms with van der Waals surface area (Å²) in [5.41, 5.74) is -0.447. The predicted molar refractivity (Wildman–Crippen MR) is 99.8 cm³/mol. The standard InChI is InChI=1S/C21H28O4/c1-16-7-6-10-19(13-16)25-15-18(22)9-5-4-8-17-11-12-20(23-2)21(14-17)24-3/h6-7,10-14,18,22H,4-5,8-9,15H2,1-3H3/i2D3,4D2,6D,7D,9D2,10D,11D,12D,13D,14D,18D. The second kappa shape index (κ2) is 9.94. The molecular weight excluding hydrogens is 316 g/mol. The van der Waals surface area contributed by atoms with Gasteiger partial charge < -0.3 is 19.3 Å². The first-order valence-corrected chi connectivity index (χ1v) is 7.25. The normalized spacial score (nSPS) is 23.4. The first-order valence-electron chi connectivity index (χ1n) is 14.8. The molecule has 0 spiro atoms. The number of aliphatic hydroxyl groups is 1. The molecule has 4 heteroatoms. The number of hydrogen-bond donors (Lipinski definition) is 1. The van der Waals surface area contributed by atoms with Crippen molar-refractivity contribution in [2.45, 2.75) is 38.6 Å². The Labute approximate surface area is 171 Å². The predicted octanol–water partition coefficient (Wildman–Crippen LogP) is 4.16. The van der Waals surface area contributed by atoms with Gasteiger partial charge in [-0.1, -0.05) is 24.5 Å². The van der Waals surface area contributed by atoms with Crippen LogP contribution in [0.2, 0.25) is 0 Å². The van der Waals surface area contributed by atoms with E-state index in [0.29, 0.717) is 0 Å². The van der Waals surface area contributed by atoms with Crippen molar-refractivity contribution in [1.82, 2.24) is 0 Å². The number of ether oxygens (including phenoxy) is 3. The first-order chi connectivity index (χ1) is 18.0. The van der Waals surface area contributed by atoms with Gasteiger partial charge in [-0.3, -0.25) is 0 Å². The van der Waals surface area contributed by atoms with Crippen LogP contribution in [0.1, 0.15) is 50.9 Å². The second-order valence-corrected chi connectivity index (χ2v) is 4.79. The van der Waals surface area contributed by atoms with E-state index in [1.807, 2.05) is 0 Å². The molecule has 0 saturated carbocycles. The van der Waals surface area contributed by atoms with Gasteiger partial charge in [-0.05, 0) is 61.4 Å². The topological polar surface area (TPSA) is 47.9 Å². The highest BCUT2D eigenvalue weighted by Crippen LogP contribution is 2.28. The van der Waals surface area contributed by atoms with Crippen molar-refractivity contribution in [3.8, 4) is 17.2 Å².